The first-order valence-corrected chi connectivity index (χ1v) is 8.96. The van der Waals surface area contributed by atoms with Crippen molar-refractivity contribution in [1.82, 2.24) is 9.88 Å². The fraction of sp³-hybridized carbons (Fsp3) is 0.571. The van der Waals surface area contributed by atoms with Crippen molar-refractivity contribution in [2.45, 2.75) is 26.3 Å². The zero-order chi connectivity index (χ0) is 15.5. The van der Waals surface area contributed by atoms with E-state index >= 15 is 0 Å². The van der Waals surface area contributed by atoms with Crippen molar-refractivity contribution >= 4 is 21.4 Å². The molecule has 0 aromatic carbocycles. The predicted molar refractivity (Wildman–Crippen MR) is 82.2 cm³/mol. The van der Waals surface area contributed by atoms with Crippen LogP contribution in [0.1, 0.15) is 30.8 Å². The molecule has 1 aromatic rings. The molecule has 1 N–H and O–H groups in total. The molecule has 1 fully saturated rings. The summed E-state index contributed by atoms with van der Waals surface area (Å²) >= 11 is 0. The first-order valence-electron chi connectivity index (χ1n) is 7.14. The quantitative estimate of drug-likeness (QED) is 0.903. The number of pyridine rings is 1. The molecule has 1 saturated heterocycles. The molecule has 6 nitrogen and oxygen atoms in total. The van der Waals surface area contributed by atoms with E-state index in [2.05, 4.69) is 17.2 Å². The number of nitrogens with zero attached hydrogens (tertiary/aromatic N) is 2. The molecule has 7 heteroatoms. The number of carbonyl (C=O) groups is 1. The molecule has 2 heterocycles. The van der Waals surface area contributed by atoms with Gasteiger partial charge in [-0.3, -0.25) is 9.78 Å². The largest absolute Gasteiger partial charge is 0.385 e. The lowest BCUT2D eigenvalue weighted by molar-refractivity contribution is 0.0706. The summed E-state index contributed by atoms with van der Waals surface area (Å²) in [5, 5.41) is 3.21. The molecule has 116 valence electrons. The summed E-state index contributed by atoms with van der Waals surface area (Å²) in [6.07, 6.45) is 2.59. The van der Waals surface area contributed by atoms with Gasteiger partial charge < -0.3 is 10.2 Å². The van der Waals surface area contributed by atoms with Gasteiger partial charge in [-0.15, -0.1) is 0 Å². The third-order valence-corrected chi connectivity index (χ3v) is 5.28. The fourth-order valence-electron chi connectivity index (χ4n) is 2.37. The van der Waals surface area contributed by atoms with Crippen LogP contribution >= 0.6 is 0 Å². The van der Waals surface area contributed by atoms with Gasteiger partial charge in [0.15, 0.2) is 9.84 Å². The third-order valence-electron chi connectivity index (χ3n) is 3.49. The number of nitrogens with one attached hydrogen (secondary N) is 1. The monoisotopic (exact) mass is 311 g/mol. The minimum Gasteiger partial charge on any atom is -0.385 e. The topological polar surface area (TPSA) is 79.4 Å². The maximum Gasteiger partial charge on any atom is 0.272 e. The van der Waals surface area contributed by atoms with Crippen LogP contribution in [0.3, 0.4) is 0 Å². The highest BCUT2D eigenvalue weighted by Gasteiger charge is 2.32. The highest BCUT2D eigenvalue weighted by Crippen LogP contribution is 2.16. The SMILES string of the molecule is CCCNc1ccnc(C(=O)N2CCS(=O)(=O)CC2C)c1. The summed E-state index contributed by atoms with van der Waals surface area (Å²) in [6, 6.07) is 3.22. The molecular weight excluding hydrogens is 290 g/mol. The van der Waals surface area contributed by atoms with Crippen molar-refractivity contribution in [2.75, 3.05) is 29.9 Å². The standard InChI is InChI=1S/C14H21N3O3S/c1-3-5-15-12-4-6-16-13(9-12)14(18)17-7-8-21(19,20)10-11(17)2/h4,6,9,11H,3,5,7-8,10H2,1-2H3,(H,15,16). The van der Waals surface area contributed by atoms with Gasteiger partial charge >= 0.3 is 0 Å². The number of aromatic nitrogens is 1. The molecule has 0 spiro atoms. The smallest absolute Gasteiger partial charge is 0.272 e. The number of hydrogen-bond donors (Lipinski definition) is 1. The Balaban J connectivity index is 2.13. The van der Waals surface area contributed by atoms with Gasteiger partial charge in [-0.05, 0) is 25.5 Å². The summed E-state index contributed by atoms with van der Waals surface area (Å²) < 4.78 is 23.1. The normalized spacial score (nSPS) is 21.0. The predicted octanol–water partition coefficient (Wildman–Crippen LogP) is 1.16. The van der Waals surface area contributed by atoms with E-state index in [0.717, 1.165) is 18.7 Å². The molecule has 0 aliphatic carbocycles. The Morgan fingerprint density at radius 2 is 2.29 bits per heavy atom. The number of sulfone groups is 1. The molecule has 0 radical (unpaired) electrons. The van der Waals surface area contributed by atoms with Crippen LogP contribution in [0.5, 0.6) is 0 Å². The molecule has 1 atom stereocenters. The molecule has 1 aromatic heterocycles. The molecule has 0 bridgehead atoms. The lowest BCUT2D eigenvalue weighted by Crippen LogP contribution is -2.49. The Morgan fingerprint density at radius 3 is 2.95 bits per heavy atom. The van der Waals surface area contributed by atoms with Gasteiger partial charge in [0, 0.05) is 31.0 Å². The minimum absolute atomic E-state index is 0.0204. The summed E-state index contributed by atoms with van der Waals surface area (Å²) in [6.45, 7) is 4.89. The third kappa shape index (κ3) is 3.93. The van der Waals surface area contributed by atoms with Crippen molar-refractivity contribution < 1.29 is 13.2 Å². The van der Waals surface area contributed by atoms with Gasteiger partial charge in [-0.1, -0.05) is 6.92 Å². The highest BCUT2D eigenvalue weighted by molar-refractivity contribution is 7.91. The average Bonchev–Trinajstić information content (AvgIpc) is 2.44. The van der Waals surface area contributed by atoms with Crippen molar-refractivity contribution in [1.29, 1.82) is 0 Å². The van der Waals surface area contributed by atoms with Crippen LogP contribution < -0.4 is 5.32 Å². The lowest BCUT2D eigenvalue weighted by atomic mass is 10.2. The van der Waals surface area contributed by atoms with E-state index in [9.17, 15) is 13.2 Å². The van der Waals surface area contributed by atoms with Crippen LogP contribution in [0.25, 0.3) is 0 Å². The number of rotatable bonds is 4. The van der Waals surface area contributed by atoms with Gasteiger partial charge in [0.05, 0.1) is 11.5 Å². The van der Waals surface area contributed by atoms with Crippen LogP contribution in [-0.4, -0.2) is 54.8 Å². The summed E-state index contributed by atoms with van der Waals surface area (Å²) in [5.41, 5.74) is 1.20. The van der Waals surface area contributed by atoms with Crippen molar-refractivity contribution in [3.05, 3.63) is 24.0 Å². The zero-order valence-electron chi connectivity index (χ0n) is 12.4. The fourth-order valence-corrected chi connectivity index (χ4v) is 3.93. The number of anilines is 1. The van der Waals surface area contributed by atoms with Gasteiger partial charge in [0.2, 0.25) is 0 Å². The second-order valence-corrected chi connectivity index (χ2v) is 7.55. The van der Waals surface area contributed by atoms with E-state index in [1.165, 1.54) is 0 Å². The molecule has 21 heavy (non-hydrogen) atoms. The summed E-state index contributed by atoms with van der Waals surface area (Å²) in [4.78, 5) is 18.2. The molecule has 1 aliphatic rings. The van der Waals surface area contributed by atoms with E-state index in [1.54, 1.807) is 24.1 Å². The van der Waals surface area contributed by atoms with Crippen molar-refractivity contribution in [3.63, 3.8) is 0 Å². The Labute approximate surface area is 125 Å². The lowest BCUT2D eigenvalue weighted by Gasteiger charge is -2.32. The van der Waals surface area contributed by atoms with Gasteiger partial charge in [-0.2, -0.15) is 0 Å². The number of amides is 1. The zero-order valence-corrected chi connectivity index (χ0v) is 13.2. The Hall–Kier alpha value is -1.63. The average molecular weight is 311 g/mol. The number of hydrogen-bond acceptors (Lipinski definition) is 5. The van der Waals surface area contributed by atoms with Crippen LogP contribution in [0.2, 0.25) is 0 Å². The van der Waals surface area contributed by atoms with Crippen LogP contribution in [0.15, 0.2) is 18.3 Å². The van der Waals surface area contributed by atoms with E-state index in [0.29, 0.717) is 5.69 Å². The molecule has 1 amide bonds. The maximum atomic E-state index is 12.5. The van der Waals surface area contributed by atoms with E-state index < -0.39 is 9.84 Å². The molecule has 2 rings (SSSR count). The minimum atomic E-state index is -3.03. The van der Waals surface area contributed by atoms with E-state index in [1.807, 2.05) is 6.07 Å². The van der Waals surface area contributed by atoms with Gasteiger partial charge in [-0.25, -0.2) is 8.42 Å². The second-order valence-electron chi connectivity index (χ2n) is 5.32. The van der Waals surface area contributed by atoms with E-state index in [4.69, 9.17) is 0 Å². The summed E-state index contributed by atoms with van der Waals surface area (Å²) in [5.74, 6) is -0.166. The Kier molecular flexibility index (Phi) is 4.82. The van der Waals surface area contributed by atoms with Crippen LogP contribution in [0.4, 0.5) is 5.69 Å². The van der Waals surface area contributed by atoms with Crippen molar-refractivity contribution in [2.24, 2.45) is 0 Å². The summed E-state index contributed by atoms with van der Waals surface area (Å²) in [7, 11) is -3.03. The van der Waals surface area contributed by atoms with Gasteiger partial charge in [0.1, 0.15) is 5.69 Å². The van der Waals surface area contributed by atoms with Crippen LogP contribution in [0, 0.1) is 0 Å². The van der Waals surface area contributed by atoms with E-state index in [-0.39, 0.29) is 30.0 Å². The highest BCUT2D eigenvalue weighted by atomic mass is 32.2. The van der Waals surface area contributed by atoms with Crippen molar-refractivity contribution in [3.8, 4) is 0 Å². The van der Waals surface area contributed by atoms with Crippen LogP contribution in [-0.2, 0) is 9.84 Å². The molecule has 1 aliphatic heterocycles. The molecule has 1 unspecified atom stereocenters. The second kappa shape index (κ2) is 6.43. The Bertz CT molecular complexity index is 616. The van der Waals surface area contributed by atoms with Gasteiger partial charge in [0.25, 0.3) is 5.91 Å². The first-order chi connectivity index (χ1) is 9.93. The maximum absolute atomic E-state index is 12.5. The number of carbonyl (C=O) groups excluding carboxylic acids is 1. The first kappa shape index (κ1) is 15.8. The molecule has 0 saturated carbocycles. The molecular formula is C14H21N3O3S. The Morgan fingerprint density at radius 1 is 1.52 bits per heavy atom.